The lowest BCUT2D eigenvalue weighted by molar-refractivity contribution is -0.128. The molecule has 92 valence electrons. The molecule has 5 aliphatic rings. The maximum atomic E-state index is 12.0. The number of carbonyl (C=O) groups is 1. The van der Waals surface area contributed by atoms with Crippen LogP contribution in [-0.2, 0) is 17.6 Å². The standard InChI is InChI=1S/C16H16O2/c17-15-11-14-6-5-12-1-3-13(4-2-12)7-9-16(15,18)10-8-14/h1-4,8,10-11,18H,5-7,9H2. The summed E-state index contributed by atoms with van der Waals surface area (Å²) in [6.45, 7) is 0. The first kappa shape index (κ1) is 11.4. The van der Waals surface area contributed by atoms with Crippen LogP contribution in [0.2, 0.25) is 0 Å². The van der Waals surface area contributed by atoms with Crippen LogP contribution in [0.4, 0.5) is 0 Å². The third-order valence-electron chi connectivity index (χ3n) is 3.84. The Morgan fingerprint density at radius 1 is 1.00 bits per heavy atom. The first-order valence-electron chi connectivity index (χ1n) is 6.40. The molecule has 4 bridgehead atoms. The molecule has 5 aliphatic carbocycles. The van der Waals surface area contributed by atoms with Crippen LogP contribution in [-0.4, -0.2) is 16.5 Å². The molecule has 6 rings (SSSR count). The second-order valence-electron chi connectivity index (χ2n) is 5.16. The van der Waals surface area contributed by atoms with Gasteiger partial charge in [0.1, 0.15) is 5.60 Å². The summed E-state index contributed by atoms with van der Waals surface area (Å²) < 4.78 is 0. The fourth-order valence-electron chi connectivity index (χ4n) is 2.53. The highest BCUT2D eigenvalue weighted by atomic mass is 16.3. The summed E-state index contributed by atoms with van der Waals surface area (Å²) in [5.74, 6) is -0.171. The molecule has 0 spiro atoms. The van der Waals surface area contributed by atoms with E-state index in [9.17, 15) is 9.90 Å². The summed E-state index contributed by atoms with van der Waals surface area (Å²) in [6.07, 6.45) is 8.11. The van der Waals surface area contributed by atoms with Crippen LogP contribution >= 0.6 is 0 Å². The third kappa shape index (κ3) is 2.04. The van der Waals surface area contributed by atoms with Crippen LogP contribution in [0.15, 0.2) is 48.1 Å². The number of allylic oxidation sites excluding steroid dienone is 2. The summed E-state index contributed by atoms with van der Waals surface area (Å²) in [5.41, 5.74) is 2.17. The topological polar surface area (TPSA) is 37.3 Å². The fourth-order valence-corrected chi connectivity index (χ4v) is 2.53. The predicted molar refractivity (Wildman–Crippen MR) is 70.3 cm³/mol. The van der Waals surface area contributed by atoms with Gasteiger partial charge in [0.05, 0.1) is 0 Å². The van der Waals surface area contributed by atoms with E-state index in [2.05, 4.69) is 24.3 Å². The zero-order chi connectivity index (χ0) is 12.6. The van der Waals surface area contributed by atoms with Gasteiger partial charge in [-0.25, -0.2) is 0 Å². The number of aryl methyl sites for hydroxylation is 2. The van der Waals surface area contributed by atoms with Gasteiger partial charge in [-0.05, 0) is 54.5 Å². The molecule has 2 heteroatoms. The molecule has 0 aliphatic heterocycles. The van der Waals surface area contributed by atoms with Gasteiger partial charge < -0.3 is 5.11 Å². The average Bonchev–Trinajstić information content (AvgIpc) is 2.38. The minimum Gasteiger partial charge on any atom is -0.378 e. The summed E-state index contributed by atoms with van der Waals surface area (Å²) >= 11 is 0. The van der Waals surface area contributed by atoms with E-state index in [1.54, 1.807) is 12.2 Å². The molecular formula is C16H16O2. The molecule has 1 N–H and O–H groups in total. The van der Waals surface area contributed by atoms with Gasteiger partial charge in [-0.1, -0.05) is 30.3 Å². The first-order chi connectivity index (χ1) is 8.66. The molecular weight excluding hydrogens is 224 g/mol. The molecule has 1 unspecified atom stereocenters. The normalized spacial score (nSPS) is 26.7. The number of hydrogen-bond donors (Lipinski definition) is 1. The van der Waals surface area contributed by atoms with Gasteiger partial charge in [0.15, 0.2) is 5.78 Å². The fraction of sp³-hybridized carbons (Fsp3) is 0.312. The maximum absolute atomic E-state index is 12.0. The van der Waals surface area contributed by atoms with Crippen LogP contribution in [0, 0.1) is 0 Å². The number of benzene rings is 1. The highest BCUT2D eigenvalue weighted by Crippen LogP contribution is 2.26. The van der Waals surface area contributed by atoms with Crippen LogP contribution < -0.4 is 0 Å². The second kappa shape index (κ2) is 4.21. The van der Waals surface area contributed by atoms with Gasteiger partial charge in [0.2, 0.25) is 0 Å². The molecule has 1 aromatic carbocycles. The van der Waals surface area contributed by atoms with Crippen molar-refractivity contribution in [1.82, 2.24) is 0 Å². The lowest BCUT2D eigenvalue weighted by atomic mass is 9.83. The molecule has 1 atom stereocenters. The van der Waals surface area contributed by atoms with E-state index in [0.29, 0.717) is 6.42 Å². The van der Waals surface area contributed by atoms with Gasteiger partial charge in [0.25, 0.3) is 0 Å². The van der Waals surface area contributed by atoms with Crippen molar-refractivity contribution < 1.29 is 9.90 Å². The van der Waals surface area contributed by atoms with Crippen molar-refractivity contribution in [2.75, 3.05) is 0 Å². The van der Waals surface area contributed by atoms with E-state index < -0.39 is 5.60 Å². The molecule has 0 amide bonds. The average molecular weight is 240 g/mol. The molecule has 0 aromatic heterocycles. The van der Waals surface area contributed by atoms with Crippen molar-refractivity contribution in [1.29, 1.82) is 0 Å². The second-order valence-corrected chi connectivity index (χ2v) is 5.16. The van der Waals surface area contributed by atoms with E-state index >= 15 is 0 Å². The summed E-state index contributed by atoms with van der Waals surface area (Å²) in [7, 11) is 0. The van der Waals surface area contributed by atoms with Crippen LogP contribution in [0.25, 0.3) is 0 Å². The molecule has 0 heterocycles. The van der Waals surface area contributed by atoms with Gasteiger partial charge in [-0.15, -0.1) is 0 Å². The predicted octanol–water partition coefficient (Wildman–Crippen LogP) is 2.36. The Morgan fingerprint density at radius 3 is 2.33 bits per heavy atom. The number of aliphatic hydroxyl groups is 1. The number of ketones is 1. The van der Waals surface area contributed by atoms with E-state index in [-0.39, 0.29) is 5.78 Å². The molecule has 0 saturated heterocycles. The van der Waals surface area contributed by atoms with Crippen molar-refractivity contribution in [2.24, 2.45) is 0 Å². The van der Waals surface area contributed by atoms with E-state index in [1.807, 2.05) is 6.08 Å². The largest absolute Gasteiger partial charge is 0.378 e. The Balaban J connectivity index is 1.99. The quantitative estimate of drug-likeness (QED) is 0.756. The van der Waals surface area contributed by atoms with Gasteiger partial charge in [-0.2, -0.15) is 0 Å². The van der Waals surface area contributed by atoms with Crippen molar-refractivity contribution in [2.45, 2.75) is 31.3 Å². The molecule has 1 aromatic rings. The highest BCUT2D eigenvalue weighted by molar-refractivity contribution is 6.00. The molecule has 0 saturated carbocycles. The van der Waals surface area contributed by atoms with Crippen molar-refractivity contribution >= 4 is 5.78 Å². The minimum absolute atomic E-state index is 0.171. The summed E-state index contributed by atoms with van der Waals surface area (Å²) in [4.78, 5) is 12.0. The first-order valence-corrected chi connectivity index (χ1v) is 6.40. The molecule has 0 radical (unpaired) electrons. The highest BCUT2D eigenvalue weighted by Gasteiger charge is 2.33. The Morgan fingerprint density at radius 2 is 1.67 bits per heavy atom. The monoisotopic (exact) mass is 240 g/mol. The molecule has 18 heavy (non-hydrogen) atoms. The van der Waals surface area contributed by atoms with Gasteiger partial charge >= 0.3 is 0 Å². The Kier molecular flexibility index (Phi) is 2.67. The van der Waals surface area contributed by atoms with E-state index in [1.165, 1.54) is 11.1 Å². The number of rotatable bonds is 0. The van der Waals surface area contributed by atoms with Gasteiger partial charge in [-0.3, -0.25) is 4.79 Å². The molecule has 0 fully saturated rings. The van der Waals surface area contributed by atoms with Crippen LogP contribution in [0.3, 0.4) is 0 Å². The lowest BCUT2D eigenvalue weighted by Crippen LogP contribution is -2.37. The third-order valence-corrected chi connectivity index (χ3v) is 3.84. The summed E-state index contributed by atoms with van der Waals surface area (Å²) in [6, 6.07) is 8.47. The molecule has 2 nitrogen and oxygen atoms in total. The Bertz CT molecular complexity index is 537. The van der Waals surface area contributed by atoms with Crippen molar-refractivity contribution in [3.63, 3.8) is 0 Å². The van der Waals surface area contributed by atoms with Crippen LogP contribution in [0.5, 0.6) is 0 Å². The van der Waals surface area contributed by atoms with Crippen molar-refractivity contribution in [3.05, 3.63) is 59.2 Å². The lowest BCUT2D eigenvalue weighted by Gasteiger charge is -2.25. The van der Waals surface area contributed by atoms with Gasteiger partial charge in [0, 0.05) is 0 Å². The number of carbonyl (C=O) groups excluding carboxylic acids is 1. The van der Waals surface area contributed by atoms with Crippen molar-refractivity contribution in [3.8, 4) is 0 Å². The summed E-state index contributed by atoms with van der Waals surface area (Å²) in [5, 5.41) is 10.3. The van der Waals surface area contributed by atoms with E-state index in [0.717, 1.165) is 24.8 Å². The Hall–Kier alpha value is -1.67. The minimum atomic E-state index is -1.30. The zero-order valence-electron chi connectivity index (χ0n) is 10.2. The smallest absolute Gasteiger partial charge is 0.191 e. The SMILES string of the molecule is O=C1C=C2C=CC1(O)CCc1ccc(cc1)CC2. The van der Waals surface area contributed by atoms with Crippen LogP contribution in [0.1, 0.15) is 24.0 Å². The number of hydrogen-bond acceptors (Lipinski definition) is 2. The Labute approximate surface area is 107 Å². The van der Waals surface area contributed by atoms with E-state index in [4.69, 9.17) is 0 Å². The zero-order valence-corrected chi connectivity index (χ0v) is 10.2. The maximum Gasteiger partial charge on any atom is 0.191 e.